The third kappa shape index (κ3) is 5.33. The van der Waals surface area contributed by atoms with E-state index in [1.807, 2.05) is 38.1 Å². The van der Waals surface area contributed by atoms with Gasteiger partial charge in [0, 0.05) is 16.1 Å². The van der Waals surface area contributed by atoms with Crippen molar-refractivity contribution in [2.24, 2.45) is 0 Å². The van der Waals surface area contributed by atoms with Crippen LogP contribution in [0.3, 0.4) is 0 Å². The maximum absolute atomic E-state index is 11.5. The lowest BCUT2D eigenvalue weighted by atomic mass is 10.2. The summed E-state index contributed by atoms with van der Waals surface area (Å²) in [5.41, 5.74) is 0.983. The van der Waals surface area contributed by atoms with Crippen LogP contribution in [-0.2, 0) is 16.1 Å². The fraction of sp³-hybridized carbons (Fsp3) is 0.462. The average Bonchev–Trinajstić information content (AvgIpc) is 2.28. The predicted molar refractivity (Wildman–Crippen MR) is 71.7 cm³/mol. The van der Waals surface area contributed by atoms with E-state index in [2.05, 4.69) is 21.2 Å². The molecule has 0 amide bonds. The first kappa shape index (κ1) is 14.2. The van der Waals surface area contributed by atoms with E-state index in [1.165, 1.54) is 0 Å². The Kier molecular flexibility index (Phi) is 6.22. The summed E-state index contributed by atoms with van der Waals surface area (Å²) in [7, 11) is 0. The van der Waals surface area contributed by atoms with E-state index in [1.54, 1.807) is 0 Å². The molecule has 0 aromatic heterocycles. The molecule has 0 spiro atoms. The Labute approximate surface area is 111 Å². The molecule has 17 heavy (non-hydrogen) atoms. The second-order valence-electron chi connectivity index (χ2n) is 3.91. The monoisotopic (exact) mass is 299 g/mol. The van der Waals surface area contributed by atoms with Crippen molar-refractivity contribution >= 4 is 21.9 Å². The third-order valence-corrected chi connectivity index (χ3v) is 3.15. The van der Waals surface area contributed by atoms with Crippen LogP contribution in [0.2, 0.25) is 0 Å². The Morgan fingerprint density at radius 2 is 2.18 bits per heavy atom. The molecular formula is C13H18BrNO2. The lowest BCUT2D eigenvalue weighted by molar-refractivity contribution is -0.145. The summed E-state index contributed by atoms with van der Waals surface area (Å²) < 4.78 is 6.18. The van der Waals surface area contributed by atoms with Gasteiger partial charge < -0.3 is 10.1 Å². The van der Waals surface area contributed by atoms with Crippen molar-refractivity contribution in [1.82, 2.24) is 5.32 Å². The molecule has 0 radical (unpaired) electrons. The Morgan fingerprint density at radius 1 is 1.47 bits per heavy atom. The lowest BCUT2D eigenvalue weighted by Crippen LogP contribution is -2.28. The van der Waals surface area contributed by atoms with E-state index in [4.69, 9.17) is 4.74 Å². The van der Waals surface area contributed by atoms with Crippen LogP contribution in [0.25, 0.3) is 0 Å². The number of hydrogen-bond donors (Lipinski definition) is 1. The van der Waals surface area contributed by atoms with E-state index in [-0.39, 0.29) is 12.0 Å². The van der Waals surface area contributed by atoms with Gasteiger partial charge in [0.15, 0.2) is 0 Å². The molecule has 1 rings (SSSR count). The van der Waals surface area contributed by atoms with Crippen molar-refractivity contribution in [2.45, 2.75) is 32.9 Å². The van der Waals surface area contributed by atoms with Crippen molar-refractivity contribution in [3.05, 3.63) is 34.3 Å². The van der Waals surface area contributed by atoms with Crippen LogP contribution in [0.1, 0.15) is 25.8 Å². The normalized spacial score (nSPS) is 12.2. The Bertz CT molecular complexity index is 368. The zero-order valence-electron chi connectivity index (χ0n) is 10.2. The molecule has 1 unspecified atom stereocenters. The molecular weight excluding hydrogens is 282 g/mol. The van der Waals surface area contributed by atoms with Gasteiger partial charge in [-0.15, -0.1) is 0 Å². The number of halogens is 1. The molecule has 3 nitrogen and oxygen atoms in total. The van der Waals surface area contributed by atoms with Gasteiger partial charge in [0.2, 0.25) is 0 Å². The maximum atomic E-state index is 11.5. The molecule has 1 N–H and O–H groups in total. The van der Waals surface area contributed by atoms with Gasteiger partial charge in [-0.05, 0) is 19.5 Å². The first-order valence-corrected chi connectivity index (χ1v) is 6.55. The number of hydrogen-bond acceptors (Lipinski definition) is 3. The van der Waals surface area contributed by atoms with Gasteiger partial charge in [-0.1, -0.05) is 41.1 Å². The van der Waals surface area contributed by atoms with Gasteiger partial charge in [-0.25, -0.2) is 0 Å². The van der Waals surface area contributed by atoms with E-state index in [9.17, 15) is 4.79 Å². The van der Waals surface area contributed by atoms with Crippen LogP contribution < -0.4 is 5.32 Å². The van der Waals surface area contributed by atoms with E-state index in [0.717, 1.165) is 16.6 Å². The van der Waals surface area contributed by atoms with Crippen LogP contribution in [0.15, 0.2) is 28.7 Å². The SMILES string of the molecule is CCNC(C)CC(=O)OCc1ccccc1Br. The topological polar surface area (TPSA) is 38.3 Å². The highest BCUT2D eigenvalue weighted by atomic mass is 79.9. The minimum absolute atomic E-state index is 0.159. The molecule has 0 aliphatic heterocycles. The largest absolute Gasteiger partial charge is 0.461 e. The lowest BCUT2D eigenvalue weighted by Gasteiger charge is -2.12. The van der Waals surface area contributed by atoms with Crippen LogP contribution in [0, 0.1) is 0 Å². The van der Waals surface area contributed by atoms with Gasteiger partial charge in [0.05, 0.1) is 6.42 Å². The molecule has 0 saturated heterocycles. The molecule has 0 heterocycles. The Hall–Kier alpha value is -0.870. The summed E-state index contributed by atoms with van der Waals surface area (Å²) in [6.07, 6.45) is 0.401. The summed E-state index contributed by atoms with van der Waals surface area (Å²) in [5.74, 6) is -0.172. The van der Waals surface area contributed by atoms with E-state index >= 15 is 0 Å². The number of benzene rings is 1. The number of rotatable bonds is 6. The minimum atomic E-state index is -0.172. The van der Waals surface area contributed by atoms with E-state index in [0.29, 0.717) is 13.0 Å². The first-order valence-electron chi connectivity index (χ1n) is 5.76. The summed E-state index contributed by atoms with van der Waals surface area (Å²) in [6, 6.07) is 7.89. The molecule has 1 atom stereocenters. The molecule has 1 aromatic carbocycles. The minimum Gasteiger partial charge on any atom is -0.461 e. The van der Waals surface area contributed by atoms with Crippen molar-refractivity contribution < 1.29 is 9.53 Å². The second kappa shape index (κ2) is 7.45. The van der Waals surface area contributed by atoms with Crippen molar-refractivity contribution in [3.8, 4) is 0 Å². The summed E-state index contributed by atoms with van der Waals surface area (Å²) in [6.45, 7) is 5.17. The van der Waals surface area contributed by atoms with Gasteiger partial charge in [-0.3, -0.25) is 4.79 Å². The van der Waals surface area contributed by atoms with Crippen LogP contribution >= 0.6 is 15.9 Å². The maximum Gasteiger partial charge on any atom is 0.307 e. The highest BCUT2D eigenvalue weighted by molar-refractivity contribution is 9.10. The quantitative estimate of drug-likeness (QED) is 0.821. The van der Waals surface area contributed by atoms with Crippen LogP contribution in [-0.4, -0.2) is 18.6 Å². The molecule has 0 aliphatic rings. The Morgan fingerprint density at radius 3 is 2.82 bits per heavy atom. The number of carbonyl (C=O) groups is 1. The molecule has 94 valence electrons. The smallest absolute Gasteiger partial charge is 0.307 e. The van der Waals surface area contributed by atoms with Crippen LogP contribution in [0.4, 0.5) is 0 Å². The number of carbonyl (C=O) groups excluding carboxylic acids is 1. The van der Waals surface area contributed by atoms with Crippen LogP contribution in [0.5, 0.6) is 0 Å². The first-order chi connectivity index (χ1) is 8.13. The van der Waals surface area contributed by atoms with Gasteiger partial charge in [0.1, 0.15) is 6.61 Å². The zero-order valence-corrected chi connectivity index (χ0v) is 11.8. The summed E-state index contributed by atoms with van der Waals surface area (Å²) in [4.78, 5) is 11.5. The standard InChI is InChI=1S/C13H18BrNO2/c1-3-15-10(2)8-13(16)17-9-11-6-4-5-7-12(11)14/h4-7,10,15H,3,8-9H2,1-2H3. The number of ether oxygens (including phenoxy) is 1. The second-order valence-corrected chi connectivity index (χ2v) is 4.77. The van der Waals surface area contributed by atoms with E-state index < -0.39 is 0 Å². The number of esters is 1. The molecule has 0 fully saturated rings. The molecule has 0 bridgehead atoms. The third-order valence-electron chi connectivity index (χ3n) is 2.37. The van der Waals surface area contributed by atoms with Gasteiger partial charge >= 0.3 is 5.97 Å². The molecule has 1 aromatic rings. The van der Waals surface area contributed by atoms with Crippen molar-refractivity contribution in [2.75, 3.05) is 6.54 Å². The fourth-order valence-electron chi connectivity index (χ4n) is 1.50. The summed E-state index contributed by atoms with van der Waals surface area (Å²) >= 11 is 3.42. The highest BCUT2D eigenvalue weighted by Gasteiger charge is 2.09. The fourth-order valence-corrected chi connectivity index (χ4v) is 1.90. The number of nitrogens with one attached hydrogen (secondary N) is 1. The zero-order chi connectivity index (χ0) is 12.7. The predicted octanol–water partition coefficient (Wildman–Crippen LogP) is 2.88. The van der Waals surface area contributed by atoms with Crippen molar-refractivity contribution in [3.63, 3.8) is 0 Å². The summed E-state index contributed by atoms with van der Waals surface area (Å²) in [5, 5.41) is 3.18. The molecule has 0 saturated carbocycles. The average molecular weight is 300 g/mol. The Balaban J connectivity index is 2.36. The van der Waals surface area contributed by atoms with Crippen molar-refractivity contribution in [1.29, 1.82) is 0 Å². The van der Waals surface area contributed by atoms with Gasteiger partial charge in [0.25, 0.3) is 0 Å². The highest BCUT2D eigenvalue weighted by Crippen LogP contribution is 2.16. The van der Waals surface area contributed by atoms with Gasteiger partial charge in [-0.2, -0.15) is 0 Å². The molecule has 0 aliphatic carbocycles. The molecule has 4 heteroatoms.